The second-order valence-corrected chi connectivity index (χ2v) is 14.8. The van der Waals surface area contributed by atoms with Crippen LogP contribution in [0.15, 0.2) is 18.6 Å². The third kappa shape index (κ3) is 4.78. The van der Waals surface area contributed by atoms with E-state index < -0.39 is 19.9 Å². The Kier molecular flexibility index (Phi) is 5.97. The third-order valence-electron chi connectivity index (χ3n) is 5.33. The molecule has 4 rings (SSSR count). The average molecular weight is 466 g/mol. The molecule has 11 heteroatoms. The van der Waals surface area contributed by atoms with Crippen LogP contribution in [0.25, 0.3) is 22.4 Å². The van der Waals surface area contributed by atoms with E-state index >= 15 is 0 Å². The Morgan fingerprint density at radius 3 is 2.53 bits per heavy atom. The van der Waals surface area contributed by atoms with Crippen molar-refractivity contribution in [2.45, 2.75) is 57.4 Å². The van der Waals surface area contributed by atoms with E-state index in [0.29, 0.717) is 17.9 Å². The standard InChI is InChI=1S/C21H26F3N5O2Si/c1-30-20-15(16(13-5-6-13)25-11-26-20)19-27-14-7-8-29(12-31-9-10-32(2,3)4)17(14)18(28-19)21(22,23)24/h7-8,11,13H,5-6,9-10,12H2,1-4H3. The molecule has 0 bridgehead atoms. The monoisotopic (exact) mass is 465 g/mol. The van der Waals surface area contributed by atoms with Crippen molar-refractivity contribution in [3.05, 3.63) is 30.0 Å². The van der Waals surface area contributed by atoms with Gasteiger partial charge < -0.3 is 14.0 Å². The van der Waals surface area contributed by atoms with Crippen molar-refractivity contribution in [1.29, 1.82) is 0 Å². The van der Waals surface area contributed by atoms with E-state index in [0.717, 1.165) is 18.9 Å². The number of fused-ring (bicyclic) bond motifs is 1. The summed E-state index contributed by atoms with van der Waals surface area (Å²) in [5, 5.41) is 0. The minimum atomic E-state index is -4.67. The lowest BCUT2D eigenvalue weighted by Crippen LogP contribution is -2.22. The molecule has 1 aliphatic rings. The van der Waals surface area contributed by atoms with Crippen LogP contribution in [-0.2, 0) is 17.6 Å². The van der Waals surface area contributed by atoms with Crippen LogP contribution in [0.2, 0.25) is 25.7 Å². The Hall–Kier alpha value is -2.53. The summed E-state index contributed by atoms with van der Waals surface area (Å²) in [4.78, 5) is 16.8. The van der Waals surface area contributed by atoms with Gasteiger partial charge in [-0.2, -0.15) is 13.2 Å². The Bertz CT molecular complexity index is 1120. The molecular formula is C21H26F3N5O2Si. The van der Waals surface area contributed by atoms with Crippen LogP contribution < -0.4 is 4.74 Å². The topological polar surface area (TPSA) is 75.0 Å². The molecule has 0 unspecified atom stereocenters. The molecule has 1 fully saturated rings. The molecule has 0 N–H and O–H groups in total. The van der Waals surface area contributed by atoms with Crippen LogP contribution >= 0.6 is 0 Å². The Labute approximate surface area is 185 Å². The molecule has 32 heavy (non-hydrogen) atoms. The molecule has 1 aliphatic carbocycles. The van der Waals surface area contributed by atoms with E-state index in [1.807, 2.05) is 0 Å². The zero-order valence-corrected chi connectivity index (χ0v) is 19.5. The fraction of sp³-hybridized carbons (Fsp3) is 0.524. The average Bonchev–Trinajstić information content (AvgIpc) is 3.49. The van der Waals surface area contributed by atoms with Gasteiger partial charge in [0.05, 0.1) is 18.3 Å². The molecular weight excluding hydrogens is 439 g/mol. The number of hydrogen-bond donors (Lipinski definition) is 0. The maximum absolute atomic E-state index is 14.1. The molecule has 3 aromatic rings. The summed E-state index contributed by atoms with van der Waals surface area (Å²) >= 11 is 0. The number of ether oxygens (including phenoxy) is 2. The minimum Gasteiger partial charge on any atom is -0.480 e. The van der Waals surface area contributed by atoms with E-state index in [4.69, 9.17) is 9.47 Å². The highest BCUT2D eigenvalue weighted by molar-refractivity contribution is 6.76. The second-order valence-electron chi connectivity index (χ2n) is 9.18. The smallest absolute Gasteiger partial charge is 0.435 e. The number of methoxy groups -OCH3 is 1. The number of hydrogen-bond acceptors (Lipinski definition) is 6. The van der Waals surface area contributed by atoms with Gasteiger partial charge in [-0.05, 0) is 25.0 Å². The SMILES string of the molecule is COc1ncnc(C2CC2)c1-c1nc(C(F)(F)F)c2c(ccn2COCC[Si](C)(C)C)n1. The highest BCUT2D eigenvalue weighted by Crippen LogP contribution is 2.45. The summed E-state index contributed by atoms with van der Waals surface area (Å²) < 4.78 is 54.6. The Morgan fingerprint density at radius 2 is 1.91 bits per heavy atom. The first-order chi connectivity index (χ1) is 15.1. The minimum absolute atomic E-state index is 0.00482. The normalized spacial score (nSPS) is 14.8. The molecule has 172 valence electrons. The van der Waals surface area contributed by atoms with E-state index in [-0.39, 0.29) is 35.4 Å². The predicted octanol–water partition coefficient (Wildman–Crippen LogP) is 5.11. The van der Waals surface area contributed by atoms with Crippen LogP contribution in [-0.4, -0.2) is 46.3 Å². The molecule has 3 aromatic heterocycles. The Balaban J connectivity index is 1.77. The number of halogens is 3. The first-order valence-corrected chi connectivity index (χ1v) is 14.2. The van der Waals surface area contributed by atoms with Crippen molar-refractivity contribution in [3.8, 4) is 17.3 Å². The molecule has 0 spiro atoms. The number of nitrogens with zero attached hydrogens (tertiary/aromatic N) is 5. The van der Waals surface area contributed by atoms with Crippen LogP contribution in [0, 0.1) is 0 Å². The molecule has 7 nitrogen and oxygen atoms in total. The highest BCUT2D eigenvalue weighted by Gasteiger charge is 2.38. The van der Waals surface area contributed by atoms with E-state index in [1.165, 1.54) is 18.0 Å². The van der Waals surface area contributed by atoms with Gasteiger partial charge in [0.25, 0.3) is 0 Å². The zero-order chi connectivity index (χ0) is 23.1. The number of aromatic nitrogens is 5. The fourth-order valence-corrected chi connectivity index (χ4v) is 4.24. The fourth-order valence-electron chi connectivity index (χ4n) is 3.48. The Morgan fingerprint density at radius 1 is 1.16 bits per heavy atom. The number of alkyl halides is 3. The van der Waals surface area contributed by atoms with Crippen molar-refractivity contribution in [3.63, 3.8) is 0 Å². The van der Waals surface area contributed by atoms with E-state index in [2.05, 4.69) is 39.6 Å². The molecule has 1 saturated carbocycles. The van der Waals surface area contributed by atoms with Crippen LogP contribution in [0.4, 0.5) is 13.2 Å². The quantitative estimate of drug-likeness (QED) is 0.340. The van der Waals surface area contributed by atoms with E-state index in [9.17, 15) is 13.2 Å². The maximum atomic E-state index is 14.1. The summed E-state index contributed by atoms with van der Waals surface area (Å²) in [5.74, 6) is 0.241. The van der Waals surface area contributed by atoms with Gasteiger partial charge in [0.1, 0.15) is 24.1 Å². The molecule has 0 atom stereocenters. The van der Waals surface area contributed by atoms with Gasteiger partial charge in [-0.15, -0.1) is 0 Å². The first kappa shape index (κ1) is 22.7. The van der Waals surface area contributed by atoms with Gasteiger partial charge in [0.2, 0.25) is 5.88 Å². The van der Waals surface area contributed by atoms with Crippen molar-refractivity contribution >= 4 is 19.1 Å². The largest absolute Gasteiger partial charge is 0.480 e. The van der Waals surface area contributed by atoms with Gasteiger partial charge in [-0.1, -0.05) is 19.6 Å². The van der Waals surface area contributed by atoms with Crippen molar-refractivity contribution in [1.82, 2.24) is 24.5 Å². The summed E-state index contributed by atoms with van der Waals surface area (Å²) in [6.45, 7) is 7.16. The predicted molar refractivity (Wildman–Crippen MR) is 116 cm³/mol. The second kappa shape index (κ2) is 8.43. The molecule has 0 saturated heterocycles. The van der Waals surface area contributed by atoms with Crippen LogP contribution in [0.5, 0.6) is 5.88 Å². The van der Waals surface area contributed by atoms with Gasteiger partial charge in [-0.25, -0.2) is 19.9 Å². The molecule has 0 aromatic carbocycles. The molecule has 3 heterocycles. The molecule has 0 aliphatic heterocycles. The van der Waals surface area contributed by atoms with Gasteiger partial charge in [0.15, 0.2) is 11.5 Å². The van der Waals surface area contributed by atoms with Crippen LogP contribution in [0.1, 0.15) is 30.1 Å². The molecule has 0 radical (unpaired) electrons. The molecule has 0 amide bonds. The number of rotatable bonds is 8. The highest BCUT2D eigenvalue weighted by atomic mass is 28.3. The summed E-state index contributed by atoms with van der Waals surface area (Å²) in [7, 11) is 0.116. The lowest BCUT2D eigenvalue weighted by molar-refractivity contribution is -0.140. The lowest BCUT2D eigenvalue weighted by Gasteiger charge is -2.17. The third-order valence-corrected chi connectivity index (χ3v) is 7.03. The lowest BCUT2D eigenvalue weighted by atomic mass is 10.1. The summed E-state index contributed by atoms with van der Waals surface area (Å²) in [6.07, 6.45) is 0.0488. The van der Waals surface area contributed by atoms with E-state index in [1.54, 1.807) is 12.3 Å². The summed E-state index contributed by atoms with van der Waals surface area (Å²) in [5.41, 5.74) is 0.0215. The van der Waals surface area contributed by atoms with Crippen molar-refractivity contribution < 1.29 is 22.6 Å². The van der Waals surface area contributed by atoms with Crippen LogP contribution in [0.3, 0.4) is 0 Å². The van der Waals surface area contributed by atoms with Gasteiger partial charge in [-0.3, -0.25) is 0 Å². The van der Waals surface area contributed by atoms with Gasteiger partial charge >= 0.3 is 6.18 Å². The zero-order valence-electron chi connectivity index (χ0n) is 18.5. The van der Waals surface area contributed by atoms with Gasteiger partial charge in [0, 0.05) is 26.8 Å². The first-order valence-electron chi connectivity index (χ1n) is 10.5. The van der Waals surface area contributed by atoms with Crippen molar-refractivity contribution in [2.75, 3.05) is 13.7 Å². The summed E-state index contributed by atoms with van der Waals surface area (Å²) in [6, 6.07) is 2.47. The maximum Gasteiger partial charge on any atom is 0.435 e. The van der Waals surface area contributed by atoms with Crippen molar-refractivity contribution in [2.24, 2.45) is 0 Å².